The molecule has 0 spiro atoms. The fourth-order valence-electron chi connectivity index (χ4n) is 1.41. The molecule has 0 radical (unpaired) electrons. The summed E-state index contributed by atoms with van der Waals surface area (Å²) < 4.78 is 5.20. The van der Waals surface area contributed by atoms with Crippen LogP contribution in [0.15, 0.2) is 0 Å². The largest absolute Gasteiger partial charge is 0.476 e. The van der Waals surface area contributed by atoms with Gasteiger partial charge in [-0.3, -0.25) is 0 Å². The molecule has 1 fully saturated rings. The predicted molar refractivity (Wildman–Crippen MR) is 51.7 cm³/mol. The van der Waals surface area contributed by atoms with Crippen LogP contribution in [0.4, 0.5) is 5.00 Å². The topological polar surface area (TPSA) is 85.4 Å². The highest BCUT2D eigenvalue weighted by Gasteiger charge is 2.24. The molecule has 1 aromatic rings. The summed E-state index contributed by atoms with van der Waals surface area (Å²) in [6.45, 7) is 1.33. The number of hydrogen-bond acceptors (Lipinski definition) is 5. The van der Waals surface area contributed by atoms with Crippen LogP contribution in [0.2, 0.25) is 0 Å². The molecule has 1 aromatic heterocycles. The monoisotopic (exact) mass is 214 g/mol. The minimum Gasteiger partial charge on any atom is -0.476 e. The van der Waals surface area contributed by atoms with Crippen LogP contribution >= 0.6 is 11.3 Å². The molecule has 5 nitrogen and oxygen atoms in total. The number of aromatic carboxylic acids is 1. The number of ether oxygens (including phenoxy) is 1. The van der Waals surface area contributed by atoms with E-state index in [9.17, 15) is 4.79 Å². The fraction of sp³-hybridized carbons (Fsp3) is 0.500. The van der Waals surface area contributed by atoms with Crippen molar-refractivity contribution in [2.24, 2.45) is 0 Å². The van der Waals surface area contributed by atoms with Gasteiger partial charge in [0, 0.05) is 12.5 Å². The van der Waals surface area contributed by atoms with E-state index in [-0.39, 0.29) is 16.6 Å². The third-order valence-corrected chi connectivity index (χ3v) is 3.20. The van der Waals surface area contributed by atoms with Gasteiger partial charge in [-0.1, -0.05) is 0 Å². The number of aromatic nitrogens is 1. The van der Waals surface area contributed by atoms with Crippen molar-refractivity contribution in [1.82, 2.24) is 4.98 Å². The first-order valence-corrected chi connectivity index (χ1v) is 5.07. The molecular formula is C8H10N2O3S. The Kier molecular flexibility index (Phi) is 2.39. The first-order chi connectivity index (χ1) is 6.68. The molecule has 0 aliphatic carbocycles. The number of carboxylic acid groups (broad SMARTS) is 1. The molecule has 6 heteroatoms. The maximum absolute atomic E-state index is 10.7. The molecule has 0 amide bonds. The number of hydrogen-bond donors (Lipinski definition) is 2. The lowest BCUT2D eigenvalue weighted by Gasteiger charge is -1.99. The number of carboxylic acids is 1. The standard InChI is InChI=1S/C8H10N2O3S/c9-6-5(8(11)12)10-7(14-6)4-1-2-13-3-4/h4H,1-3,9H2,(H,11,12). The van der Waals surface area contributed by atoms with Crippen LogP contribution in [0.25, 0.3) is 0 Å². The van der Waals surface area contributed by atoms with E-state index in [4.69, 9.17) is 15.6 Å². The number of anilines is 1. The van der Waals surface area contributed by atoms with Gasteiger partial charge < -0.3 is 15.6 Å². The molecule has 14 heavy (non-hydrogen) atoms. The maximum atomic E-state index is 10.7. The first kappa shape index (κ1) is 9.42. The van der Waals surface area contributed by atoms with Crippen molar-refractivity contribution in [3.05, 3.63) is 10.7 Å². The van der Waals surface area contributed by atoms with Gasteiger partial charge in [-0.25, -0.2) is 9.78 Å². The normalized spacial score (nSPS) is 21.3. The van der Waals surface area contributed by atoms with Gasteiger partial charge in [0.2, 0.25) is 0 Å². The fourth-order valence-corrected chi connectivity index (χ4v) is 2.35. The van der Waals surface area contributed by atoms with Gasteiger partial charge in [0.25, 0.3) is 0 Å². The van der Waals surface area contributed by atoms with Crippen molar-refractivity contribution >= 4 is 22.3 Å². The highest BCUT2D eigenvalue weighted by molar-refractivity contribution is 7.16. The summed E-state index contributed by atoms with van der Waals surface area (Å²) in [7, 11) is 0. The summed E-state index contributed by atoms with van der Waals surface area (Å²) in [5.74, 6) is -0.848. The third-order valence-electron chi connectivity index (χ3n) is 2.15. The number of nitrogens with two attached hydrogens (primary N) is 1. The molecule has 2 heterocycles. The second kappa shape index (κ2) is 3.55. The first-order valence-electron chi connectivity index (χ1n) is 4.25. The van der Waals surface area contributed by atoms with Crippen LogP contribution < -0.4 is 5.73 Å². The van der Waals surface area contributed by atoms with Crippen molar-refractivity contribution in [3.8, 4) is 0 Å². The van der Waals surface area contributed by atoms with E-state index in [1.54, 1.807) is 0 Å². The summed E-state index contributed by atoms with van der Waals surface area (Å²) >= 11 is 1.25. The van der Waals surface area contributed by atoms with Crippen molar-refractivity contribution < 1.29 is 14.6 Å². The van der Waals surface area contributed by atoms with E-state index in [0.717, 1.165) is 11.4 Å². The Hall–Kier alpha value is -1.14. The van der Waals surface area contributed by atoms with Crippen molar-refractivity contribution in [2.45, 2.75) is 12.3 Å². The summed E-state index contributed by atoms with van der Waals surface area (Å²) in [6.07, 6.45) is 0.895. The zero-order valence-corrected chi connectivity index (χ0v) is 8.21. The van der Waals surface area contributed by atoms with Gasteiger partial charge in [-0.2, -0.15) is 0 Å². The van der Waals surface area contributed by atoms with Crippen LogP contribution in [0.5, 0.6) is 0 Å². The maximum Gasteiger partial charge on any atom is 0.357 e. The smallest absolute Gasteiger partial charge is 0.357 e. The molecule has 1 atom stereocenters. The van der Waals surface area contributed by atoms with Crippen LogP contribution in [-0.4, -0.2) is 29.3 Å². The van der Waals surface area contributed by atoms with Crippen LogP contribution in [0, 0.1) is 0 Å². The number of thiazole rings is 1. The molecule has 1 saturated heterocycles. The van der Waals surface area contributed by atoms with Crippen molar-refractivity contribution in [2.75, 3.05) is 18.9 Å². The zero-order chi connectivity index (χ0) is 10.1. The minimum atomic E-state index is -1.07. The van der Waals surface area contributed by atoms with E-state index in [1.807, 2.05) is 0 Å². The molecule has 2 rings (SSSR count). The van der Waals surface area contributed by atoms with E-state index >= 15 is 0 Å². The van der Waals surface area contributed by atoms with E-state index in [1.165, 1.54) is 11.3 Å². The molecule has 1 aliphatic heterocycles. The molecule has 0 aromatic carbocycles. The minimum absolute atomic E-state index is 0.0306. The Morgan fingerprint density at radius 3 is 3.00 bits per heavy atom. The Balaban J connectivity index is 2.27. The number of nitrogen functional groups attached to an aromatic ring is 1. The lowest BCUT2D eigenvalue weighted by Crippen LogP contribution is -2.02. The van der Waals surface area contributed by atoms with Crippen molar-refractivity contribution in [1.29, 1.82) is 0 Å². The lowest BCUT2D eigenvalue weighted by molar-refractivity contribution is 0.0692. The van der Waals surface area contributed by atoms with Crippen LogP contribution in [0.1, 0.15) is 27.8 Å². The molecule has 1 unspecified atom stereocenters. The van der Waals surface area contributed by atoms with Crippen molar-refractivity contribution in [3.63, 3.8) is 0 Å². The molecule has 0 saturated carbocycles. The van der Waals surface area contributed by atoms with Gasteiger partial charge in [0.05, 0.1) is 6.61 Å². The Morgan fingerprint density at radius 1 is 1.71 bits per heavy atom. The highest BCUT2D eigenvalue weighted by atomic mass is 32.1. The second-order valence-corrected chi connectivity index (χ2v) is 4.19. The highest BCUT2D eigenvalue weighted by Crippen LogP contribution is 2.31. The molecule has 76 valence electrons. The Labute approximate surface area is 84.5 Å². The SMILES string of the molecule is Nc1sc(C2CCOC2)nc1C(=O)O. The summed E-state index contributed by atoms with van der Waals surface area (Å²) in [5, 5.41) is 9.81. The number of carbonyl (C=O) groups is 1. The average Bonchev–Trinajstić information content (AvgIpc) is 2.70. The summed E-state index contributed by atoms with van der Waals surface area (Å²) in [5.41, 5.74) is 5.51. The van der Waals surface area contributed by atoms with E-state index in [0.29, 0.717) is 13.2 Å². The number of rotatable bonds is 2. The van der Waals surface area contributed by atoms with Gasteiger partial charge in [-0.05, 0) is 6.42 Å². The summed E-state index contributed by atoms with van der Waals surface area (Å²) in [4.78, 5) is 14.7. The Bertz CT molecular complexity index is 357. The van der Waals surface area contributed by atoms with E-state index in [2.05, 4.69) is 4.98 Å². The molecule has 3 N–H and O–H groups in total. The molecule has 0 bridgehead atoms. The molecular weight excluding hydrogens is 204 g/mol. The predicted octanol–water partition coefficient (Wildman–Crippen LogP) is 0.927. The molecule has 1 aliphatic rings. The van der Waals surface area contributed by atoms with Gasteiger partial charge in [0.15, 0.2) is 5.69 Å². The van der Waals surface area contributed by atoms with Gasteiger partial charge in [-0.15, -0.1) is 11.3 Å². The van der Waals surface area contributed by atoms with E-state index < -0.39 is 5.97 Å². The number of nitrogens with zero attached hydrogens (tertiary/aromatic N) is 1. The van der Waals surface area contributed by atoms with Gasteiger partial charge >= 0.3 is 5.97 Å². The van der Waals surface area contributed by atoms with Gasteiger partial charge in [0.1, 0.15) is 10.0 Å². The summed E-state index contributed by atoms with van der Waals surface area (Å²) in [6, 6.07) is 0. The van der Waals surface area contributed by atoms with Crippen LogP contribution in [-0.2, 0) is 4.74 Å². The lowest BCUT2D eigenvalue weighted by atomic mass is 10.1. The Morgan fingerprint density at radius 2 is 2.50 bits per heavy atom. The zero-order valence-electron chi connectivity index (χ0n) is 7.40. The second-order valence-electron chi connectivity index (χ2n) is 3.13. The average molecular weight is 214 g/mol. The third kappa shape index (κ3) is 1.58. The quantitative estimate of drug-likeness (QED) is 0.764. The van der Waals surface area contributed by atoms with Crippen LogP contribution in [0.3, 0.4) is 0 Å².